The molecule has 160 valence electrons. The predicted molar refractivity (Wildman–Crippen MR) is 113 cm³/mol. The molecule has 1 unspecified atom stereocenters. The van der Waals surface area contributed by atoms with E-state index in [1.165, 1.54) is 0 Å². The van der Waals surface area contributed by atoms with Gasteiger partial charge in [0.25, 0.3) is 0 Å². The minimum atomic E-state index is -3.59. The first-order valence-electron chi connectivity index (χ1n) is 9.95. The Morgan fingerprint density at radius 2 is 1.67 bits per heavy atom. The lowest BCUT2D eigenvalue weighted by Crippen LogP contribution is -2.27. The summed E-state index contributed by atoms with van der Waals surface area (Å²) in [5.74, 6) is -0.0835. The molecule has 0 spiro atoms. The first-order valence-corrected chi connectivity index (χ1v) is 15.0. The van der Waals surface area contributed by atoms with Gasteiger partial charge in [0.15, 0.2) is 14.0 Å². The molecule has 0 aromatic heterocycles. The van der Waals surface area contributed by atoms with Crippen molar-refractivity contribution < 1.29 is 27.6 Å². The number of unbranched alkanes of at least 4 members (excludes halogenated alkanes) is 1. The highest BCUT2D eigenvalue weighted by Gasteiger charge is 2.40. The molecule has 0 amide bonds. The van der Waals surface area contributed by atoms with Crippen LogP contribution in [-0.2, 0) is 27.6 Å². The summed E-state index contributed by atoms with van der Waals surface area (Å²) in [6.45, 7) is 15.3. The van der Waals surface area contributed by atoms with Gasteiger partial charge in [-0.2, -0.15) is 0 Å². The molecule has 0 saturated heterocycles. The zero-order valence-corrected chi connectivity index (χ0v) is 20.1. The molecule has 0 aromatic carbocycles. The summed E-state index contributed by atoms with van der Waals surface area (Å²) in [7, 11) is -5.06. The number of ether oxygens (including phenoxy) is 1. The average Bonchev–Trinajstić information content (AvgIpc) is 2.56. The highest BCUT2D eigenvalue weighted by molar-refractivity contribution is 7.56. The fourth-order valence-electron chi connectivity index (χ4n) is 2.38. The average molecular weight is 423 g/mol. The van der Waals surface area contributed by atoms with E-state index in [4.69, 9.17) is 18.2 Å². The van der Waals surface area contributed by atoms with Crippen molar-refractivity contribution in [3.05, 3.63) is 12.2 Å². The Kier molecular flexibility index (Phi) is 13.4. The smallest absolute Gasteiger partial charge is 0.348 e. The van der Waals surface area contributed by atoms with Crippen molar-refractivity contribution in [2.45, 2.75) is 72.3 Å². The van der Waals surface area contributed by atoms with E-state index in [0.717, 1.165) is 25.9 Å². The van der Waals surface area contributed by atoms with Gasteiger partial charge < -0.3 is 18.2 Å². The van der Waals surface area contributed by atoms with Crippen LogP contribution in [-0.4, -0.2) is 46.4 Å². The van der Waals surface area contributed by atoms with Crippen LogP contribution < -0.4 is 0 Å². The van der Waals surface area contributed by atoms with Crippen molar-refractivity contribution in [1.29, 1.82) is 0 Å². The summed E-state index contributed by atoms with van der Waals surface area (Å²) >= 11 is 0. The fraction of sp³-hybridized carbons (Fsp3) is 0.842. The van der Waals surface area contributed by atoms with Gasteiger partial charge in [-0.1, -0.05) is 19.1 Å². The minimum Gasteiger partial charge on any atom is -0.465 e. The van der Waals surface area contributed by atoms with Crippen LogP contribution in [0, 0.1) is 5.92 Å². The second kappa shape index (κ2) is 13.7. The van der Waals surface area contributed by atoms with E-state index >= 15 is 0 Å². The topological polar surface area (TPSA) is 71.1 Å². The van der Waals surface area contributed by atoms with Crippen molar-refractivity contribution in [2.24, 2.45) is 5.92 Å². The van der Waals surface area contributed by atoms with Crippen LogP contribution in [0.15, 0.2) is 12.2 Å². The number of carbonyl (C=O) groups is 1. The zero-order valence-electron chi connectivity index (χ0n) is 18.2. The first kappa shape index (κ1) is 26.5. The van der Waals surface area contributed by atoms with E-state index in [9.17, 15) is 9.36 Å². The van der Waals surface area contributed by atoms with E-state index in [1.807, 2.05) is 6.08 Å². The molecule has 6 nitrogen and oxygen atoms in total. The lowest BCUT2D eigenvalue weighted by atomic mass is 10.1. The van der Waals surface area contributed by atoms with Gasteiger partial charge in [0.2, 0.25) is 0 Å². The molecule has 8 heteroatoms. The largest absolute Gasteiger partial charge is 0.465 e. The molecule has 0 aliphatic carbocycles. The second-order valence-electron chi connectivity index (χ2n) is 7.46. The highest BCUT2D eigenvalue weighted by Crippen LogP contribution is 2.54. The van der Waals surface area contributed by atoms with Crippen LogP contribution in [0.4, 0.5) is 0 Å². The van der Waals surface area contributed by atoms with Crippen molar-refractivity contribution >= 4 is 21.9 Å². The molecule has 0 radical (unpaired) electrons. The van der Waals surface area contributed by atoms with Crippen molar-refractivity contribution in [1.82, 2.24) is 0 Å². The summed E-state index contributed by atoms with van der Waals surface area (Å²) in [4.78, 5) is 12.3. The summed E-state index contributed by atoms with van der Waals surface area (Å²) < 4.78 is 34.6. The van der Waals surface area contributed by atoms with Gasteiger partial charge in [-0.15, -0.1) is 0 Å². The van der Waals surface area contributed by atoms with Crippen molar-refractivity contribution in [2.75, 3.05) is 26.4 Å². The van der Waals surface area contributed by atoms with Gasteiger partial charge in [0, 0.05) is 6.61 Å². The number of esters is 1. The Morgan fingerprint density at radius 3 is 2.15 bits per heavy atom. The molecule has 0 aromatic rings. The molecule has 0 aliphatic rings. The maximum absolute atomic E-state index is 13.0. The molecule has 0 heterocycles. The zero-order chi connectivity index (χ0) is 20.9. The number of hydrogen-bond acceptors (Lipinski definition) is 6. The van der Waals surface area contributed by atoms with Gasteiger partial charge in [0.05, 0.1) is 19.8 Å². The van der Waals surface area contributed by atoms with Crippen molar-refractivity contribution in [3.63, 3.8) is 0 Å². The van der Waals surface area contributed by atoms with E-state index < -0.39 is 27.5 Å². The van der Waals surface area contributed by atoms with Gasteiger partial charge in [-0.05, 0) is 65.6 Å². The first-order chi connectivity index (χ1) is 12.6. The maximum Gasteiger partial charge on any atom is 0.348 e. The normalized spacial score (nSPS) is 15.1. The maximum atomic E-state index is 13.0. The Morgan fingerprint density at radius 1 is 1.07 bits per heavy atom. The van der Waals surface area contributed by atoms with Gasteiger partial charge >= 0.3 is 13.6 Å². The van der Waals surface area contributed by atoms with Crippen LogP contribution in [0.5, 0.6) is 0 Å². The van der Waals surface area contributed by atoms with E-state index in [2.05, 4.69) is 26.6 Å². The Bertz CT molecular complexity index is 479. The number of rotatable bonds is 15. The van der Waals surface area contributed by atoms with Crippen LogP contribution >= 0.6 is 7.60 Å². The lowest BCUT2D eigenvalue weighted by molar-refractivity contribution is -0.142. The number of allylic oxidation sites excluding steroid dienone is 1. The SMILES string of the molecule is CCOC(=O)C(/C=C/CCC[C@@H](C)CO[Si](C)(C)C)P(=O)(OCC)OCC. The van der Waals surface area contributed by atoms with Gasteiger partial charge in [-0.3, -0.25) is 9.36 Å². The van der Waals surface area contributed by atoms with Crippen LogP contribution in [0.25, 0.3) is 0 Å². The fourth-order valence-corrected chi connectivity index (χ4v) is 4.95. The Balaban J connectivity index is 4.74. The molecule has 0 aliphatic heterocycles. The standard InChI is InChI=1S/C19H39O6PSi/c1-8-22-19(20)18(26(21,23-9-2)24-10-3)15-13-11-12-14-17(4)16-25-27(5,6)7/h13,15,17-18H,8-12,14,16H2,1-7H3/b15-13+/t17-,18?/m1/s1. The molecule has 0 bridgehead atoms. The van der Waals surface area contributed by atoms with E-state index in [1.54, 1.807) is 26.8 Å². The molecule has 0 N–H and O–H groups in total. The molecule has 0 saturated carbocycles. The lowest BCUT2D eigenvalue weighted by Gasteiger charge is -2.22. The van der Waals surface area contributed by atoms with Crippen LogP contribution in [0.1, 0.15) is 47.0 Å². The van der Waals surface area contributed by atoms with Crippen LogP contribution in [0.2, 0.25) is 19.6 Å². The van der Waals surface area contributed by atoms with E-state index in [-0.39, 0.29) is 19.8 Å². The number of carbonyl (C=O) groups excluding carboxylic acids is 1. The summed E-state index contributed by atoms with van der Waals surface area (Å²) in [6, 6.07) is 0. The molecule has 2 atom stereocenters. The molecule has 27 heavy (non-hydrogen) atoms. The third-order valence-electron chi connectivity index (χ3n) is 3.67. The molecule has 0 rings (SSSR count). The summed E-state index contributed by atoms with van der Waals surface area (Å²) in [5.41, 5.74) is -1.02. The predicted octanol–water partition coefficient (Wildman–Crippen LogP) is 5.40. The highest BCUT2D eigenvalue weighted by atomic mass is 31.2. The quantitative estimate of drug-likeness (QED) is 0.116. The summed E-state index contributed by atoms with van der Waals surface area (Å²) in [6.07, 6.45) is 6.28. The summed E-state index contributed by atoms with van der Waals surface area (Å²) in [5, 5.41) is 0. The molecular formula is C19H39O6PSi. The minimum absolute atomic E-state index is 0.204. The molecular weight excluding hydrogens is 383 g/mol. The van der Waals surface area contributed by atoms with Gasteiger partial charge in [0.1, 0.15) is 0 Å². The Hall–Kier alpha value is -0.463. The third kappa shape index (κ3) is 11.9. The van der Waals surface area contributed by atoms with Crippen LogP contribution in [0.3, 0.4) is 0 Å². The molecule has 0 fully saturated rings. The number of hydrogen-bond donors (Lipinski definition) is 0. The van der Waals surface area contributed by atoms with E-state index in [0.29, 0.717) is 5.92 Å². The van der Waals surface area contributed by atoms with Crippen molar-refractivity contribution in [3.8, 4) is 0 Å². The Labute approximate surface area is 166 Å². The third-order valence-corrected chi connectivity index (χ3v) is 7.01. The monoisotopic (exact) mass is 422 g/mol. The second-order valence-corrected chi connectivity index (χ2v) is 14.1. The van der Waals surface area contributed by atoms with Gasteiger partial charge in [-0.25, -0.2) is 0 Å².